The zero-order valence-corrected chi connectivity index (χ0v) is 11.1. The van der Waals surface area contributed by atoms with Gasteiger partial charge in [-0.25, -0.2) is 4.68 Å². The Labute approximate surface area is 106 Å². The summed E-state index contributed by atoms with van der Waals surface area (Å²) in [5.74, 6) is 0.911. The lowest BCUT2D eigenvalue weighted by molar-refractivity contribution is 0.229. The summed E-state index contributed by atoms with van der Waals surface area (Å²) in [4.78, 5) is 0. The molecule has 1 aliphatic rings. The first kappa shape index (κ1) is 11.3. The maximum atomic E-state index is 5.68. The third kappa shape index (κ3) is 1.70. The fourth-order valence-electron chi connectivity index (χ4n) is 2.27. The number of aryl methyl sites for hydroxylation is 1. The molecule has 0 atom stereocenters. The number of rotatable bonds is 2. The van der Waals surface area contributed by atoms with Crippen LogP contribution in [0, 0.1) is 6.92 Å². The van der Waals surface area contributed by atoms with E-state index in [1.807, 2.05) is 21.8 Å². The zero-order chi connectivity index (χ0) is 12.7. The molecule has 5 heteroatoms. The van der Waals surface area contributed by atoms with Gasteiger partial charge in [-0.1, -0.05) is 0 Å². The smallest absolute Gasteiger partial charge is 0.215 e. The van der Waals surface area contributed by atoms with Gasteiger partial charge >= 0.3 is 0 Å². The molecule has 0 unspecified atom stereocenters. The van der Waals surface area contributed by atoms with Crippen LogP contribution in [-0.2, 0) is 6.54 Å². The third-order valence-corrected chi connectivity index (χ3v) is 3.29. The van der Waals surface area contributed by atoms with Gasteiger partial charge < -0.3 is 4.74 Å². The summed E-state index contributed by atoms with van der Waals surface area (Å²) in [5.41, 5.74) is 3.16. The van der Waals surface area contributed by atoms with Crippen LogP contribution in [0.25, 0.3) is 11.3 Å². The fraction of sp³-hybridized carbons (Fsp3) is 0.538. The molecule has 0 aromatic carbocycles. The van der Waals surface area contributed by atoms with Crippen molar-refractivity contribution in [1.29, 1.82) is 0 Å². The lowest BCUT2D eigenvalue weighted by Crippen LogP contribution is -2.14. The molecule has 0 amide bonds. The highest BCUT2D eigenvalue weighted by molar-refractivity contribution is 5.63. The Hall–Kier alpha value is -1.78. The van der Waals surface area contributed by atoms with Crippen molar-refractivity contribution >= 4 is 0 Å². The normalized spacial score (nSPS) is 14.7. The highest BCUT2D eigenvalue weighted by Crippen LogP contribution is 2.31. The van der Waals surface area contributed by atoms with Crippen molar-refractivity contribution in [2.45, 2.75) is 39.8 Å². The predicted molar refractivity (Wildman–Crippen MR) is 68.7 cm³/mol. The van der Waals surface area contributed by atoms with E-state index in [0.29, 0.717) is 6.04 Å². The molecule has 18 heavy (non-hydrogen) atoms. The average molecular weight is 246 g/mol. The van der Waals surface area contributed by atoms with Crippen LogP contribution in [-0.4, -0.2) is 26.2 Å². The minimum Gasteiger partial charge on any atom is -0.478 e. The molecule has 0 spiro atoms. The van der Waals surface area contributed by atoms with E-state index in [4.69, 9.17) is 4.74 Å². The number of aromatic nitrogens is 4. The summed E-state index contributed by atoms with van der Waals surface area (Å²) >= 11 is 0. The summed E-state index contributed by atoms with van der Waals surface area (Å²) in [6, 6.07) is 0.368. The lowest BCUT2D eigenvalue weighted by atomic mass is 10.2. The molecular formula is C13H18N4O. The molecule has 0 radical (unpaired) electrons. The highest BCUT2D eigenvalue weighted by Gasteiger charge is 2.20. The van der Waals surface area contributed by atoms with Crippen LogP contribution in [0.4, 0.5) is 0 Å². The van der Waals surface area contributed by atoms with E-state index < -0.39 is 0 Å². The second kappa shape index (κ2) is 4.15. The van der Waals surface area contributed by atoms with Crippen molar-refractivity contribution < 1.29 is 4.74 Å². The molecule has 1 aliphatic heterocycles. The van der Waals surface area contributed by atoms with Crippen molar-refractivity contribution in [2.75, 3.05) is 6.61 Å². The Morgan fingerprint density at radius 1 is 1.39 bits per heavy atom. The Morgan fingerprint density at radius 2 is 2.22 bits per heavy atom. The Kier molecular flexibility index (Phi) is 2.61. The van der Waals surface area contributed by atoms with Crippen molar-refractivity contribution in [3.8, 4) is 17.1 Å². The maximum Gasteiger partial charge on any atom is 0.215 e. The molecule has 96 valence electrons. The molecular weight excluding hydrogens is 228 g/mol. The van der Waals surface area contributed by atoms with Gasteiger partial charge in [-0.3, -0.25) is 4.68 Å². The molecule has 2 aromatic rings. The van der Waals surface area contributed by atoms with E-state index in [-0.39, 0.29) is 0 Å². The van der Waals surface area contributed by atoms with E-state index >= 15 is 0 Å². The summed E-state index contributed by atoms with van der Waals surface area (Å²) < 4.78 is 9.60. The Morgan fingerprint density at radius 3 is 2.89 bits per heavy atom. The lowest BCUT2D eigenvalue weighted by Gasteiger charge is -2.14. The van der Waals surface area contributed by atoms with Crippen molar-refractivity contribution in [3.05, 3.63) is 18.0 Å². The van der Waals surface area contributed by atoms with Crippen LogP contribution in [0.5, 0.6) is 5.88 Å². The van der Waals surface area contributed by atoms with Crippen LogP contribution in [0.2, 0.25) is 0 Å². The van der Waals surface area contributed by atoms with Gasteiger partial charge in [0.1, 0.15) is 5.69 Å². The first-order valence-electron chi connectivity index (χ1n) is 6.41. The van der Waals surface area contributed by atoms with Crippen molar-refractivity contribution in [2.24, 2.45) is 0 Å². The van der Waals surface area contributed by atoms with Gasteiger partial charge in [0, 0.05) is 36.3 Å². The minimum atomic E-state index is 0.368. The number of hydrogen-bond acceptors (Lipinski definition) is 3. The average Bonchev–Trinajstić information content (AvgIpc) is 2.95. The van der Waals surface area contributed by atoms with Gasteiger partial charge in [-0.15, -0.1) is 0 Å². The van der Waals surface area contributed by atoms with Crippen LogP contribution in [0.3, 0.4) is 0 Å². The number of fused-ring (bicyclic) bond motifs is 1. The molecule has 0 aliphatic carbocycles. The monoisotopic (exact) mass is 246 g/mol. The van der Waals surface area contributed by atoms with E-state index in [1.165, 1.54) is 0 Å². The molecule has 5 nitrogen and oxygen atoms in total. The molecule has 0 saturated carbocycles. The van der Waals surface area contributed by atoms with Crippen LogP contribution in [0.15, 0.2) is 12.4 Å². The van der Waals surface area contributed by atoms with Gasteiger partial charge in [0.15, 0.2) is 0 Å². The minimum absolute atomic E-state index is 0.368. The van der Waals surface area contributed by atoms with Crippen LogP contribution < -0.4 is 4.74 Å². The standard InChI is InChI=1S/C13H18N4O/c1-9(2)17-8-11(7-14-17)12-10(3)13-16(15-12)5-4-6-18-13/h7-9H,4-6H2,1-3H3. The molecule has 3 heterocycles. The summed E-state index contributed by atoms with van der Waals surface area (Å²) in [5, 5.41) is 9.00. The van der Waals surface area contributed by atoms with Gasteiger partial charge in [-0.2, -0.15) is 10.2 Å². The fourth-order valence-corrected chi connectivity index (χ4v) is 2.27. The van der Waals surface area contributed by atoms with E-state index in [9.17, 15) is 0 Å². The summed E-state index contributed by atoms with van der Waals surface area (Å²) in [6.07, 6.45) is 4.95. The highest BCUT2D eigenvalue weighted by atomic mass is 16.5. The molecule has 0 saturated heterocycles. The summed E-state index contributed by atoms with van der Waals surface area (Å²) in [6.45, 7) is 8.02. The van der Waals surface area contributed by atoms with Crippen molar-refractivity contribution in [3.63, 3.8) is 0 Å². The molecule has 0 bridgehead atoms. The van der Waals surface area contributed by atoms with E-state index in [1.54, 1.807) is 0 Å². The number of hydrogen-bond donors (Lipinski definition) is 0. The van der Waals surface area contributed by atoms with Gasteiger partial charge in [0.2, 0.25) is 5.88 Å². The van der Waals surface area contributed by atoms with Crippen LogP contribution in [0.1, 0.15) is 31.9 Å². The van der Waals surface area contributed by atoms with Gasteiger partial charge in [0.25, 0.3) is 0 Å². The first-order valence-corrected chi connectivity index (χ1v) is 6.41. The Bertz CT molecular complexity index is 568. The second-order valence-electron chi connectivity index (χ2n) is 5.01. The Balaban J connectivity index is 2.03. The van der Waals surface area contributed by atoms with Gasteiger partial charge in [-0.05, 0) is 20.8 Å². The van der Waals surface area contributed by atoms with Crippen LogP contribution >= 0.6 is 0 Å². The molecule has 3 rings (SSSR count). The quantitative estimate of drug-likeness (QED) is 0.817. The van der Waals surface area contributed by atoms with Crippen molar-refractivity contribution in [1.82, 2.24) is 19.6 Å². The topological polar surface area (TPSA) is 44.9 Å². The first-order chi connectivity index (χ1) is 8.66. The van der Waals surface area contributed by atoms with E-state index in [0.717, 1.165) is 42.3 Å². The molecule has 0 fully saturated rings. The van der Waals surface area contributed by atoms with E-state index in [2.05, 4.69) is 31.0 Å². The largest absolute Gasteiger partial charge is 0.478 e. The molecule has 2 aromatic heterocycles. The predicted octanol–water partition coefficient (Wildman–Crippen LogP) is 2.42. The maximum absolute atomic E-state index is 5.68. The zero-order valence-electron chi connectivity index (χ0n) is 11.1. The molecule has 0 N–H and O–H groups in total. The number of nitrogens with zero attached hydrogens (tertiary/aromatic N) is 4. The number of ether oxygens (including phenoxy) is 1. The third-order valence-electron chi connectivity index (χ3n) is 3.29. The second-order valence-corrected chi connectivity index (χ2v) is 5.01. The summed E-state index contributed by atoms with van der Waals surface area (Å²) in [7, 11) is 0. The SMILES string of the molecule is Cc1c(-c2cnn(C(C)C)c2)nn2c1OCCC2. The van der Waals surface area contributed by atoms with Gasteiger partial charge in [0.05, 0.1) is 12.8 Å².